The molecule has 0 amide bonds. The van der Waals surface area contributed by atoms with E-state index in [1.807, 2.05) is 0 Å². The molecule has 5 heteroatoms. The summed E-state index contributed by atoms with van der Waals surface area (Å²) in [6.45, 7) is 5.33. The molecule has 1 unspecified atom stereocenters. The highest BCUT2D eigenvalue weighted by molar-refractivity contribution is 6.03. The van der Waals surface area contributed by atoms with Gasteiger partial charge in [-0.05, 0) is 44.2 Å². The maximum absolute atomic E-state index is 12.9. The summed E-state index contributed by atoms with van der Waals surface area (Å²) < 4.78 is 16.3. The number of methoxy groups -OCH3 is 1. The molecule has 1 atom stereocenters. The normalized spacial score (nSPS) is 11.8. The van der Waals surface area contributed by atoms with Crippen LogP contribution in [0.5, 0.6) is 0 Å². The second-order valence-corrected chi connectivity index (χ2v) is 7.75. The van der Waals surface area contributed by atoms with Crippen LogP contribution in [0.25, 0.3) is 0 Å². The van der Waals surface area contributed by atoms with E-state index in [1.165, 1.54) is 12.8 Å². The number of unbranched alkanes of at least 4 members (excludes halogenated alkanes) is 6. The highest BCUT2D eigenvalue weighted by atomic mass is 16.5. The van der Waals surface area contributed by atoms with Crippen LogP contribution in [0.2, 0.25) is 0 Å². The van der Waals surface area contributed by atoms with Crippen molar-refractivity contribution >= 4 is 11.9 Å². The average Bonchev–Trinajstić information content (AvgIpc) is 2.76. The zero-order valence-corrected chi connectivity index (χ0v) is 19.1. The van der Waals surface area contributed by atoms with Gasteiger partial charge in [0.15, 0.2) is 0 Å². The van der Waals surface area contributed by atoms with Crippen molar-refractivity contribution in [2.75, 3.05) is 20.3 Å². The number of esters is 2. The van der Waals surface area contributed by atoms with Crippen LogP contribution in [0.4, 0.5) is 0 Å². The van der Waals surface area contributed by atoms with Gasteiger partial charge in [-0.2, -0.15) is 0 Å². The highest BCUT2D eigenvalue weighted by Gasteiger charge is 2.22. The maximum atomic E-state index is 12.9. The summed E-state index contributed by atoms with van der Waals surface area (Å²) in [4.78, 5) is 25.4. The minimum Gasteiger partial charge on any atom is -0.462 e. The lowest BCUT2D eigenvalue weighted by Gasteiger charge is -2.19. The smallest absolute Gasteiger partial charge is 0.339 e. The van der Waals surface area contributed by atoms with Crippen LogP contribution in [0.1, 0.15) is 105 Å². The van der Waals surface area contributed by atoms with Crippen molar-refractivity contribution in [3.63, 3.8) is 0 Å². The molecule has 0 aliphatic heterocycles. The van der Waals surface area contributed by atoms with Crippen LogP contribution in [0, 0.1) is 0 Å². The molecule has 0 saturated heterocycles. The van der Waals surface area contributed by atoms with Crippen LogP contribution >= 0.6 is 0 Å². The topological polar surface area (TPSA) is 61.8 Å². The van der Waals surface area contributed by atoms with E-state index in [4.69, 9.17) is 14.2 Å². The molecule has 0 saturated carbocycles. The van der Waals surface area contributed by atoms with Gasteiger partial charge in [-0.25, -0.2) is 9.59 Å². The molecular weight excluding hydrogens is 380 g/mol. The molecule has 0 fully saturated rings. The Kier molecular flexibility index (Phi) is 14.7. The zero-order chi connectivity index (χ0) is 22.0. The van der Waals surface area contributed by atoms with E-state index < -0.39 is 11.9 Å². The Labute approximate surface area is 182 Å². The monoisotopic (exact) mass is 420 g/mol. The van der Waals surface area contributed by atoms with E-state index in [2.05, 4.69) is 13.8 Å². The molecule has 0 heterocycles. The predicted molar refractivity (Wildman–Crippen MR) is 120 cm³/mol. The predicted octanol–water partition coefficient (Wildman–Crippen LogP) is 6.35. The molecule has 0 N–H and O–H groups in total. The summed E-state index contributed by atoms with van der Waals surface area (Å²) in [5.74, 6) is -0.913. The zero-order valence-electron chi connectivity index (χ0n) is 19.1. The van der Waals surface area contributed by atoms with Crippen molar-refractivity contribution in [1.82, 2.24) is 0 Å². The lowest BCUT2D eigenvalue weighted by molar-refractivity contribution is 0.0224. The van der Waals surface area contributed by atoms with Crippen molar-refractivity contribution < 1.29 is 23.8 Å². The number of carbonyl (C=O) groups excluding carboxylic acids is 2. The van der Waals surface area contributed by atoms with Gasteiger partial charge in [0.05, 0.1) is 17.7 Å². The van der Waals surface area contributed by atoms with E-state index >= 15 is 0 Å². The standard InChI is InChI=1S/C25H40O5/c1-4-6-8-10-15-21(16-14-19-28-3)30-25(27)23-18-12-11-17-22(23)24(26)29-20-13-9-7-5-2/h11-12,17-18,21H,4-10,13-16,19-20H2,1-3H3. The summed E-state index contributed by atoms with van der Waals surface area (Å²) in [5.41, 5.74) is 0.556. The van der Waals surface area contributed by atoms with E-state index in [0.717, 1.165) is 57.8 Å². The molecular formula is C25H40O5. The second kappa shape index (κ2) is 16.9. The first-order valence-electron chi connectivity index (χ1n) is 11.6. The number of carbonyl (C=O) groups is 2. The van der Waals surface area contributed by atoms with Gasteiger partial charge in [0.25, 0.3) is 0 Å². The van der Waals surface area contributed by atoms with Crippen LogP contribution in [0.15, 0.2) is 24.3 Å². The van der Waals surface area contributed by atoms with Crippen molar-refractivity contribution in [2.24, 2.45) is 0 Å². The van der Waals surface area contributed by atoms with E-state index in [0.29, 0.717) is 13.2 Å². The minimum absolute atomic E-state index is 0.164. The summed E-state index contributed by atoms with van der Waals surface area (Å²) >= 11 is 0. The fourth-order valence-corrected chi connectivity index (χ4v) is 3.34. The number of rotatable bonds is 17. The van der Waals surface area contributed by atoms with Crippen molar-refractivity contribution in [3.05, 3.63) is 35.4 Å². The molecule has 0 aromatic heterocycles. The number of hydrogen-bond donors (Lipinski definition) is 0. The molecule has 0 spiro atoms. The van der Waals surface area contributed by atoms with Crippen LogP contribution < -0.4 is 0 Å². The number of ether oxygens (including phenoxy) is 3. The Morgan fingerprint density at radius 1 is 0.767 bits per heavy atom. The Balaban J connectivity index is 2.70. The van der Waals surface area contributed by atoms with E-state index in [-0.39, 0.29) is 17.2 Å². The van der Waals surface area contributed by atoms with Gasteiger partial charge in [0.2, 0.25) is 0 Å². The molecule has 0 radical (unpaired) electrons. The quantitative estimate of drug-likeness (QED) is 0.217. The lowest BCUT2D eigenvalue weighted by Crippen LogP contribution is -2.21. The maximum Gasteiger partial charge on any atom is 0.339 e. The average molecular weight is 421 g/mol. The molecule has 1 aromatic carbocycles. The van der Waals surface area contributed by atoms with Crippen LogP contribution in [-0.4, -0.2) is 38.4 Å². The third-order valence-corrected chi connectivity index (χ3v) is 5.13. The van der Waals surface area contributed by atoms with Gasteiger partial charge < -0.3 is 14.2 Å². The highest BCUT2D eigenvalue weighted by Crippen LogP contribution is 2.18. The molecule has 1 rings (SSSR count). The van der Waals surface area contributed by atoms with Gasteiger partial charge in [-0.3, -0.25) is 0 Å². The molecule has 5 nitrogen and oxygen atoms in total. The Hall–Kier alpha value is -1.88. The van der Waals surface area contributed by atoms with Crippen molar-refractivity contribution in [3.8, 4) is 0 Å². The first-order chi connectivity index (χ1) is 14.6. The summed E-state index contributed by atoms with van der Waals surface area (Å²) in [7, 11) is 1.67. The lowest BCUT2D eigenvalue weighted by atomic mass is 10.0. The van der Waals surface area contributed by atoms with Gasteiger partial charge >= 0.3 is 11.9 Å². The largest absolute Gasteiger partial charge is 0.462 e. The molecule has 0 bridgehead atoms. The molecule has 0 aliphatic rings. The molecule has 170 valence electrons. The number of hydrogen-bond acceptors (Lipinski definition) is 5. The third kappa shape index (κ3) is 10.8. The fraction of sp³-hybridized carbons (Fsp3) is 0.680. The molecule has 0 aliphatic carbocycles. The van der Waals surface area contributed by atoms with E-state index in [1.54, 1.807) is 31.4 Å². The van der Waals surface area contributed by atoms with Gasteiger partial charge in [-0.1, -0.05) is 64.5 Å². The van der Waals surface area contributed by atoms with Gasteiger partial charge in [-0.15, -0.1) is 0 Å². The van der Waals surface area contributed by atoms with Crippen molar-refractivity contribution in [1.29, 1.82) is 0 Å². The minimum atomic E-state index is -0.460. The molecule has 1 aromatic rings. The summed E-state index contributed by atoms with van der Waals surface area (Å²) in [6.07, 6.45) is 10.9. The van der Waals surface area contributed by atoms with Crippen LogP contribution in [0.3, 0.4) is 0 Å². The Morgan fingerprint density at radius 3 is 2.00 bits per heavy atom. The second-order valence-electron chi connectivity index (χ2n) is 7.75. The fourth-order valence-electron chi connectivity index (χ4n) is 3.34. The third-order valence-electron chi connectivity index (χ3n) is 5.13. The van der Waals surface area contributed by atoms with Crippen LogP contribution in [-0.2, 0) is 14.2 Å². The Morgan fingerprint density at radius 2 is 1.37 bits per heavy atom. The SMILES string of the molecule is CCCCCCOC(=O)c1ccccc1C(=O)OC(CCCCCC)CCCOC. The van der Waals surface area contributed by atoms with Gasteiger partial charge in [0.1, 0.15) is 6.10 Å². The van der Waals surface area contributed by atoms with Crippen molar-refractivity contribution in [2.45, 2.75) is 90.6 Å². The molecule has 30 heavy (non-hydrogen) atoms. The Bertz CT molecular complexity index is 599. The summed E-state index contributed by atoms with van der Waals surface area (Å²) in [6, 6.07) is 6.76. The first kappa shape index (κ1) is 26.2. The van der Waals surface area contributed by atoms with E-state index in [9.17, 15) is 9.59 Å². The van der Waals surface area contributed by atoms with Gasteiger partial charge in [0, 0.05) is 13.7 Å². The number of benzene rings is 1. The first-order valence-corrected chi connectivity index (χ1v) is 11.6. The summed E-state index contributed by atoms with van der Waals surface area (Å²) in [5, 5.41) is 0.